The van der Waals surface area contributed by atoms with E-state index in [1.54, 1.807) is 0 Å². The van der Waals surface area contributed by atoms with Crippen molar-refractivity contribution in [1.82, 2.24) is 10.4 Å². The van der Waals surface area contributed by atoms with E-state index in [2.05, 4.69) is 5.43 Å². The van der Waals surface area contributed by atoms with Crippen LogP contribution < -0.4 is 5.43 Å². The number of nitrogens with zero attached hydrogens (tertiary/aromatic N) is 1. The van der Waals surface area contributed by atoms with Gasteiger partial charge in [0.15, 0.2) is 0 Å². The molecule has 1 saturated heterocycles. The summed E-state index contributed by atoms with van der Waals surface area (Å²) in [4.78, 5) is 0. The highest BCUT2D eigenvalue weighted by molar-refractivity contribution is 5.21. The van der Waals surface area contributed by atoms with Crippen LogP contribution in [0, 0.1) is 11.6 Å². The Hall–Kier alpha value is -1.08. The molecule has 0 aromatic heterocycles. The number of benzene rings is 1. The first-order valence-electron chi connectivity index (χ1n) is 5.86. The molecule has 0 amide bonds. The summed E-state index contributed by atoms with van der Waals surface area (Å²) >= 11 is 0. The van der Waals surface area contributed by atoms with Gasteiger partial charge in [-0.2, -0.15) is 0 Å². The van der Waals surface area contributed by atoms with E-state index in [4.69, 9.17) is 4.74 Å². The second kappa shape index (κ2) is 6.19. The highest BCUT2D eigenvalue weighted by Gasteiger charge is 2.16. The minimum Gasteiger partial charge on any atom is -0.387 e. The summed E-state index contributed by atoms with van der Waals surface area (Å²) in [5, 5.41) is 11.8. The summed E-state index contributed by atoms with van der Waals surface area (Å²) in [7, 11) is 0. The van der Waals surface area contributed by atoms with Gasteiger partial charge in [0.25, 0.3) is 0 Å². The number of morpholine rings is 1. The fraction of sp³-hybridized carbons (Fsp3) is 0.500. The molecule has 1 aromatic rings. The molecular weight excluding hydrogens is 242 g/mol. The van der Waals surface area contributed by atoms with Gasteiger partial charge in [0.2, 0.25) is 0 Å². The van der Waals surface area contributed by atoms with Crippen LogP contribution >= 0.6 is 0 Å². The lowest BCUT2D eigenvalue weighted by Crippen LogP contribution is -2.47. The van der Waals surface area contributed by atoms with Crippen LogP contribution in [0.25, 0.3) is 0 Å². The average molecular weight is 258 g/mol. The van der Waals surface area contributed by atoms with Crippen molar-refractivity contribution in [2.45, 2.75) is 6.10 Å². The molecule has 1 aromatic carbocycles. The van der Waals surface area contributed by atoms with Gasteiger partial charge < -0.3 is 9.84 Å². The topological polar surface area (TPSA) is 44.7 Å². The minimum absolute atomic E-state index is 0.0946. The SMILES string of the molecule is OC(CNN1CCOCC1)c1ccc(F)cc1F. The molecule has 0 aliphatic carbocycles. The normalized spacial score (nSPS) is 18.8. The van der Waals surface area contributed by atoms with Gasteiger partial charge in [-0.3, -0.25) is 5.43 Å². The van der Waals surface area contributed by atoms with Crippen LogP contribution in [0.15, 0.2) is 18.2 Å². The van der Waals surface area contributed by atoms with Crippen molar-refractivity contribution >= 4 is 0 Å². The maximum atomic E-state index is 13.4. The maximum Gasteiger partial charge on any atom is 0.131 e. The molecule has 0 radical (unpaired) electrons. The number of ether oxygens (including phenoxy) is 1. The zero-order chi connectivity index (χ0) is 13.0. The third-order valence-electron chi connectivity index (χ3n) is 2.84. The molecule has 18 heavy (non-hydrogen) atoms. The smallest absolute Gasteiger partial charge is 0.131 e. The predicted molar refractivity (Wildman–Crippen MR) is 61.7 cm³/mol. The van der Waals surface area contributed by atoms with E-state index in [9.17, 15) is 13.9 Å². The summed E-state index contributed by atoms with van der Waals surface area (Å²) in [6, 6.07) is 3.17. The van der Waals surface area contributed by atoms with Crippen LogP contribution in [-0.4, -0.2) is 43.0 Å². The van der Waals surface area contributed by atoms with E-state index < -0.39 is 17.7 Å². The highest BCUT2D eigenvalue weighted by atomic mass is 19.1. The Morgan fingerprint density at radius 3 is 2.72 bits per heavy atom. The van der Waals surface area contributed by atoms with Crippen LogP contribution in [0.4, 0.5) is 8.78 Å². The molecule has 1 aliphatic rings. The lowest BCUT2D eigenvalue weighted by atomic mass is 10.1. The van der Waals surface area contributed by atoms with Gasteiger partial charge in [-0.1, -0.05) is 6.07 Å². The molecule has 1 heterocycles. The van der Waals surface area contributed by atoms with Crippen molar-refractivity contribution in [2.24, 2.45) is 0 Å². The highest BCUT2D eigenvalue weighted by Crippen LogP contribution is 2.17. The molecule has 6 heteroatoms. The molecule has 4 nitrogen and oxygen atoms in total. The second-order valence-corrected chi connectivity index (χ2v) is 4.14. The quantitative estimate of drug-likeness (QED) is 0.840. The molecule has 2 rings (SSSR count). The zero-order valence-electron chi connectivity index (χ0n) is 9.90. The molecule has 100 valence electrons. The Balaban J connectivity index is 1.88. The third-order valence-corrected chi connectivity index (χ3v) is 2.84. The number of halogens is 2. The van der Waals surface area contributed by atoms with E-state index in [-0.39, 0.29) is 12.1 Å². The van der Waals surface area contributed by atoms with E-state index in [0.717, 1.165) is 25.2 Å². The van der Waals surface area contributed by atoms with Crippen molar-refractivity contribution < 1.29 is 18.6 Å². The van der Waals surface area contributed by atoms with E-state index in [1.807, 2.05) is 5.01 Å². The zero-order valence-corrected chi connectivity index (χ0v) is 9.90. The fourth-order valence-corrected chi connectivity index (χ4v) is 1.82. The molecular formula is C12H16F2N2O2. The Kier molecular flexibility index (Phi) is 4.60. The lowest BCUT2D eigenvalue weighted by molar-refractivity contribution is 0.00286. The van der Waals surface area contributed by atoms with E-state index in [0.29, 0.717) is 13.2 Å². The standard InChI is InChI=1S/C12H16F2N2O2/c13-9-1-2-10(11(14)7-9)12(17)8-15-16-3-5-18-6-4-16/h1-2,7,12,15,17H,3-6,8H2. The molecule has 1 unspecified atom stereocenters. The van der Waals surface area contributed by atoms with Gasteiger partial charge in [0.05, 0.1) is 19.3 Å². The molecule has 0 saturated carbocycles. The van der Waals surface area contributed by atoms with Gasteiger partial charge in [-0.15, -0.1) is 0 Å². The summed E-state index contributed by atoms with van der Waals surface area (Å²) in [5.41, 5.74) is 3.10. The van der Waals surface area contributed by atoms with E-state index >= 15 is 0 Å². The summed E-state index contributed by atoms with van der Waals surface area (Å²) in [6.07, 6.45) is -1.01. The molecule has 0 spiro atoms. The molecule has 2 N–H and O–H groups in total. The number of hydrogen-bond acceptors (Lipinski definition) is 4. The summed E-state index contributed by atoms with van der Waals surface area (Å²) < 4.78 is 31.3. The van der Waals surface area contributed by atoms with Crippen LogP contribution in [0.3, 0.4) is 0 Å². The largest absolute Gasteiger partial charge is 0.387 e. The van der Waals surface area contributed by atoms with Gasteiger partial charge >= 0.3 is 0 Å². The van der Waals surface area contributed by atoms with Gasteiger partial charge in [-0.25, -0.2) is 13.8 Å². The van der Waals surface area contributed by atoms with Crippen molar-refractivity contribution in [1.29, 1.82) is 0 Å². The maximum absolute atomic E-state index is 13.4. The van der Waals surface area contributed by atoms with Gasteiger partial charge in [0.1, 0.15) is 11.6 Å². The molecule has 1 atom stereocenters. The number of hydrogen-bond donors (Lipinski definition) is 2. The van der Waals surface area contributed by atoms with E-state index in [1.165, 1.54) is 6.07 Å². The Morgan fingerprint density at radius 1 is 1.33 bits per heavy atom. The van der Waals surface area contributed by atoms with Crippen molar-refractivity contribution in [3.8, 4) is 0 Å². The average Bonchev–Trinajstić information content (AvgIpc) is 2.37. The van der Waals surface area contributed by atoms with Crippen LogP contribution in [-0.2, 0) is 4.74 Å². The van der Waals surface area contributed by atoms with Crippen molar-refractivity contribution in [3.05, 3.63) is 35.4 Å². The fourth-order valence-electron chi connectivity index (χ4n) is 1.82. The van der Waals surface area contributed by atoms with Crippen molar-refractivity contribution in [3.63, 3.8) is 0 Å². The third kappa shape index (κ3) is 3.46. The first-order valence-corrected chi connectivity index (χ1v) is 5.86. The minimum atomic E-state index is -1.01. The van der Waals surface area contributed by atoms with Gasteiger partial charge in [0, 0.05) is 31.3 Å². The Morgan fingerprint density at radius 2 is 2.06 bits per heavy atom. The summed E-state index contributed by atoms with van der Waals surface area (Å²) in [6.45, 7) is 2.89. The van der Waals surface area contributed by atoms with Gasteiger partial charge in [-0.05, 0) is 6.07 Å². The number of aliphatic hydroxyl groups is 1. The van der Waals surface area contributed by atoms with Crippen LogP contribution in [0.2, 0.25) is 0 Å². The summed E-state index contributed by atoms with van der Waals surface area (Å²) in [5.74, 6) is -1.38. The first-order chi connectivity index (χ1) is 8.66. The number of nitrogens with one attached hydrogen (secondary N) is 1. The molecule has 0 bridgehead atoms. The monoisotopic (exact) mass is 258 g/mol. The van der Waals surface area contributed by atoms with Crippen LogP contribution in [0.1, 0.15) is 11.7 Å². The Labute approximate surface area is 104 Å². The molecule has 1 fully saturated rings. The van der Waals surface area contributed by atoms with Crippen LogP contribution in [0.5, 0.6) is 0 Å². The van der Waals surface area contributed by atoms with Crippen molar-refractivity contribution in [2.75, 3.05) is 32.8 Å². The predicted octanol–water partition coefficient (Wildman–Crippen LogP) is 0.835. The number of rotatable bonds is 4. The first kappa shape index (κ1) is 13.4. The Bertz CT molecular complexity index is 398. The number of aliphatic hydroxyl groups excluding tert-OH is 1. The lowest BCUT2D eigenvalue weighted by Gasteiger charge is -2.28. The number of hydrazine groups is 1. The second-order valence-electron chi connectivity index (χ2n) is 4.14. The molecule has 1 aliphatic heterocycles.